The van der Waals surface area contributed by atoms with Gasteiger partial charge in [-0.1, -0.05) is 32.9 Å². The maximum atomic E-state index is 10.7. The SMILES string of the molecule is C=C(CC(C)=O)CC(C)(C)C. The van der Waals surface area contributed by atoms with E-state index in [-0.39, 0.29) is 11.2 Å². The van der Waals surface area contributed by atoms with Crippen LogP contribution in [0.3, 0.4) is 0 Å². The predicted octanol–water partition coefficient (Wildman–Crippen LogP) is 2.96. The molecule has 1 nitrogen and oxygen atoms in total. The molecule has 11 heavy (non-hydrogen) atoms. The molecule has 0 unspecified atom stereocenters. The first kappa shape index (κ1) is 10.4. The van der Waals surface area contributed by atoms with Crippen molar-refractivity contribution in [3.63, 3.8) is 0 Å². The lowest BCUT2D eigenvalue weighted by Gasteiger charge is -2.18. The second-order valence-corrected chi connectivity index (χ2v) is 4.37. The molecule has 0 aromatic rings. The molecule has 0 aromatic heterocycles. The Kier molecular flexibility index (Phi) is 3.50. The molecular weight excluding hydrogens is 136 g/mol. The third kappa shape index (κ3) is 7.31. The van der Waals surface area contributed by atoms with Gasteiger partial charge in [-0.15, -0.1) is 0 Å². The summed E-state index contributed by atoms with van der Waals surface area (Å²) in [6.45, 7) is 11.9. The minimum absolute atomic E-state index is 0.208. The Morgan fingerprint density at radius 2 is 1.82 bits per heavy atom. The van der Waals surface area contributed by atoms with E-state index in [0.717, 1.165) is 12.0 Å². The number of hydrogen-bond donors (Lipinski definition) is 0. The van der Waals surface area contributed by atoms with Crippen molar-refractivity contribution in [1.82, 2.24) is 0 Å². The minimum atomic E-state index is 0.208. The molecule has 0 atom stereocenters. The van der Waals surface area contributed by atoms with Crippen LogP contribution in [0.4, 0.5) is 0 Å². The van der Waals surface area contributed by atoms with Gasteiger partial charge in [0.05, 0.1) is 0 Å². The van der Waals surface area contributed by atoms with Gasteiger partial charge in [-0.2, -0.15) is 0 Å². The first-order valence-corrected chi connectivity index (χ1v) is 3.97. The molecule has 0 heterocycles. The first-order chi connectivity index (χ1) is 4.81. The molecule has 0 aliphatic carbocycles. The summed E-state index contributed by atoms with van der Waals surface area (Å²) < 4.78 is 0. The topological polar surface area (TPSA) is 17.1 Å². The summed E-state index contributed by atoms with van der Waals surface area (Å²) in [5.74, 6) is 0.208. The zero-order valence-electron chi connectivity index (χ0n) is 8.03. The molecule has 0 fully saturated rings. The van der Waals surface area contributed by atoms with Crippen molar-refractivity contribution in [2.45, 2.75) is 40.5 Å². The minimum Gasteiger partial charge on any atom is -0.300 e. The van der Waals surface area contributed by atoms with Crippen molar-refractivity contribution in [1.29, 1.82) is 0 Å². The van der Waals surface area contributed by atoms with Gasteiger partial charge >= 0.3 is 0 Å². The number of Topliss-reactive ketones (excluding diaryl/α,β-unsaturated/α-hetero) is 1. The lowest BCUT2D eigenvalue weighted by atomic mass is 9.87. The van der Waals surface area contributed by atoms with Crippen LogP contribution >= 0.6 is 0 Å². The van der Waals surface area contributed by atoms with Crippen molar-refractivity contribution in [2.24, 2.45) is 5.41 Å². The molecule has 0 saturated carbocycles. The molecule has 0 bridgehead atoms. The Hall–Kier alpha value is -0.590. The lowest BCUT2D eigenvalue weighted by Crippen LogP contribution is -2.07. The van der Waals surface area contributed by atoms with E-state index in [4.69, 9.17) is 0 Å². The van der Waals surface area contributed by atoms with E-state index in [1.807, 2.05) is 0 Å². The fourth-order valence-corrected chi connectivity index (χ4v) is 1.16. The van der Waals surface area contributed by atoms with E-state index < -0.39 is 0 Å². The van der Waals surface area contributed by atoms with Gasteiger partial charge in [-0.3, -0.25) is 4.79 Å². The van der Waals surface area contributed by atoms with Crippen LogP contribution in [0, 0.1) is 5.41 Å². The van der Waals surface area contributed by atoms with Crippen LogP contribution in [0.15, 0.2) is 12.2 Å². The standard InChI is InChI=1S/C10H18O/c1-8(6-9(2)11)7-10(3,4)5/h1,6-7H2,2-5H3. The number of carbonyl (C=O) groups excluding carboxylic acids is 1. The summed E-state index contributed by atoms with van der Waals surface area (Å²) in [6, 6.07) is 0. The van der Waals surface area contributed by atoms with Gasteiger partial charge in [0.15, 0.2) is 0 Å². The van der Waals surface area contributed by atoms with E-state index in [9.17, 15) is 4.79 Å². The van der Waals surface area contributed by atoms with E-state index in [2.05, 4.69) is 27.4 Å². The summed E-state index contributed by atoms with van der Waals surface area (Å²) in [5.41, 5.74) is 1.30. The Bertz CT molecular complexity index is 160. The Morgan fingerprint density at radius 3 is 2.09 bits per heavy atom. The van der Waals surface area contributed by atoms with E-state index in [0.29, 0.717) is 6.42 Å². The van der Waals surface area contributed by atoms with Gasteiger partial charge in [-0.25, -0.2) is 0 Å². The highest BCUT2D eigenvalue weighted by molar-refractivity contribution is 5.77. The van der Waals surface area contributed by atoms with E-state index >= 15 is 0 Å². The summed E-state index contributed by atoms with van der Waals surface area (Å²) in [5, 5.41) is 0. The molecule has 0 saturated heterocycles. The number of rotatable bonds is 3. The maximum absolute atomic E-state index is 10.7. The molecule has 0 rings (SSSR count). The third-order valence-electron chi connectivity index (χ3n) is 1.28. The van der Waals surface area contributed by atoms with Crippen LogP contribution in [0.1, 0.15) is 40.5 Å². The van der Waals surface area contributed by atoms with E-state index in [1.54, 1.807) is 6.92 Å². The fourth-order valence-electron chi connectivity index (χ4n) is 1.16. The number of carbonyl (C=O) groups is 1. The number of hydrogen-bond acceptors (Lipinski definition) is 1. The van der Waals surface area contributed by atoms with Crippen LogP contribution in [-0.4, -0.2) is 5.78 Å². The van der Waals surface area contributed by atoms with Crippen molar-refractivity contribution < 1.29 is 4.79 Å². The van der Waals surface area contributed by atoms with Crippen molar-refractivity contribution in [3.8, 4) is 0 Å². The number of ketones is 1. The van der Waals surface area contributed by atoms with Crippen molar-refractivity contribution >= 4 is 5.78 Å². The first-order valence-electron chi connectivity index (χ1n) is 3.97. The zero-order chi connectivity index (χ0) is 9.07. The monoisotopic (exact) mass is 154 g/mol. The second-order valence-electron chi connectivity index (χ2n) is 4.37. The molecule has 0 radical (unpaired) electrons. The maximum Gasteiger partial charge on any atom is 0.133 e. The summed E-state index contributed by atoms with van der Waals surface area (Å²) in [7, 11) is 0. The molecule has 0 N–H and O–H groups in total. The molecule has 1 heteroatoms. The van der Waals surface area contributed by atoms with Crippen molar-refractivity contribution in [2.75, 3.05) is 0 Å². The summed E-state index contributed by atoms with van der Waals surface area (Å²) >= 11 is 0. The van der Waals surface area contributed by atoms with Gasteiger partial charge in [-0.05, 0) is 18.8 Å². The second kappa shape index (κ2) is 3.70. The number of allylic oxidation sites excluding steroid dienone is 1. The van der Waals surface area contributed by atoms with Gasteiger partial charge < -0.3 is 0 Å². The lowest BCUT2D eigenvalue weighted by molar-refractivity contribution is -0.116. The Morgan fingerprint density at radius 1 is 1.36 bits per heavy atom. The van der Waals surface area contributed by atoms with Gasteiger partial charge in [0.1, 0.15) is 5.78 Å². The largest absolute Gasteiger partial charge is 0.300 e. The Labute approximate surface area is 69.5 Å². The third-order valence-corrected chi connectivity index (χ3v) is 1.28. The van der Waals surface area contributed by atoms with Crippen LogP contribution in [0.25, 0.3) is 0 Å². The van der Waals surface area contributed by atoms with Crippen LogP contribution in [0.5, 0.6) is 0 Å². The average molecular weight is 154 g/mol. The van der Waals surface area contributed by atoms with Crippen LogP contribution < -0.4 is 0 Å². The molecule has 64 valence electrons. The molecule has 0 aromatic carbocycles. The zero-order valence-corrected chi connectivity index (χ0v) is 8.03. The van der Waals surface area contributed by atoms with Gasteiger partial charge in [0.25, 0.3) is 0 Å². The predicted molar refractivity (Wildman–Crippen MR) is 48.5 cm³/mol. The highest BCUT2D eigenvalue weighted by Crippen LogP contribution is 2.24. The summed E-state index contributed by atoms with van der Waals surface area (Å²) in [6.07, 6.45) is 1.48. The van der Waals surface area contributed by atoms with Gasteiger partial charge in [0, 0.05) is 6.42 Å². The smallest absolute Gasteiger partial charge is 0.133 e. The normalized spacial score (nSPS) is 11.3. The fraction of sp³-hybridized carbons (Fsp3) is 0.700. The van der Waals surface area contributed by atoms with E-state index in [1.165, 1.54) is 0 Å². The Balaban J connectivity index is 3.80. The summed E-state index contributed by atoms with van der Waals surface area (Å²) in [4.78, 5) is 10.7. The molecule has 0 spiro atoms. The molecule has 0 aliphatic heterocycles. The highest BCUT2D eigenvalue weighted by Gasteiger charge is 2.12. The van der Waals surface area contributed by atoms with Gasteiger partial charge in [0.2, 0.25) is 0 Å². The van der Waals surface area contributed by atoms with Crippen LogP contribution in [0.2, 0.25) is 0 Å². The molecule has 0 aliphatic rings. The van der Waals surface area contributed by atoms with Crippen molar-refractivity contribution in [3.05, 3.63) is 12.2 Å². The highest BCUT2D eigenvalue weighted by atomic mass is 16.1. The average Bonchev–Trinajstić information content (AvgIpc) is 1.53. The van der Waals surface area contributed by atoms with Crippen LogP contribution in [-0.2, 0) is 4.79 Å². The molecular formula is C10H18O. The molecule has 0 amide bonds. The quantitative estimate of drug-likeness (QED) is 0.571.